The summed E-state index contributed by atoms with van der Waals surface area (Å²) in [6.45, 7) is 3.89. The van der Waals surface area contributed by atoms with E-state index in [1.165, 1.54) is 0 Å². The second-order valence-corrected chi connectivity index (χ2v) is 5.76. The Morgan fingerprint density at radius 2 is 2.11 bits per heavy atom. The van der Waals surface area contributed by atoms with Crippen LogP contribution in [0.15, 0.2) is 39.9 Å². The number of furan rings is 1. The normalized spacial score (nSPS) is 14.4. The largest absolute Gasteiger partial charge is 0.465 e. The van der Waals surface area contributed by atoms with Gasteiger partial charge in [0.05, 0.1) is 15.3 Å². The van der Waals surface area contributed by atoms with Crippen LogP contribution in [-0.2, 0) is 0 Å². The summed E-state index contributed by atoms with van der Waals surface area (Å²) in [7, 11) is 0. The average Bonchev–Trinajstić information content (AvgIpc) is 2.74. The van der Waals surface area contributed by atoms with Gasteiger partial charge in [-0.25, -0.2) is 4.98 Å². The van der Waals surface area contributed by atoms with Crippen LogP contribution >= 0.6 is 23.4 Å². The minimum absolute atomic E-state index is 0.0296. The van der Waals surface area contributed by atoms with Crippen LogP contribution in [0.3, 0.4) is 0 Å². The molecule has 2 atom stereocenters. The van der Waals surface area contributed by atoms with Crippen LogP contribution in [0, 0.1) is 6.92 Å². The van der Waals surface area contributed by atoms with Crippen LogP contribution in [-0.4, -0.2) is 11.0 Å². The second kappa shape index (κ2) is 5.78. The zero-order valence-corrected chi connectivity index (χ0v) is 11.8. The van der Waals surface area contributed by atoms with Crippen LogP contribution in [0.4, 0.5) is 0 Å². The number of nitrogens with two attached hydrogens (primary N) is 1. The van der Waals surface area contributed by atoms with Crippen LogP contribution in [0.1, 0.15) is 23.7 Å². The number of hydrogen-bond acceptors (Lipinski definition) is 4. The minimum Gasteiger partial charge on any atom is -0.465 e. The Bertz CT molecular complexity index is 510. The molecule has 2 rings (SSSR count). The second-order valence-electron chi connectivity index (χ2n) is 4.16. The van der Waals surface area contributed by atoms with Gasteiger partial charge in [0, 0.05) is 12.2 Å². The fourth-order valence-corrected chi connectivity index (χ4v) is 2.68. The zero-order chi connectivity index (χ0) is 13.1. The van der Waals surface area contributed by atoms with Crippen molar-refractivity contribution in [3.63, 3.8) is 0 Å². The Kier molecular flexibility index (Phi) is 4.32. The van der Waals surface area contributed by atoms with Crippen molar-refractivity contribution in [1.29, 1.82) is 0 Å². The molecule has 2 aromatic rings. The molecule has 0 saturated heterocycles. The first-order chi connectivity index (χ1) is 8.56. The summed E-state index contributed by atoms with van der Waals surface area (Å²) >= 11 is 7.40. The smallest absolute Gasteiger partial charge is 0.119 e. The molecule has 2 N–H and O–H groups in total. The van der Waals surface area contributed by atoms with Gasteiger partial charge in [0.2, 0.25) is 0 Å². The summed E-state index contributed by atoms with van der Waals surface area (Å²) < 4.78 is 5.65. The number of nitrogens with zero attached hydrogens (tertiary/aromatic N) is 1. The van der Waals surface area contributed by atoms with Crippen LogP contribution < -0.4 is 5.73 Å². The summed E-state index contributed by atoms with van der Waals surface area (Å²) in [5.41, 5.74) is 6.02. The number of halogens is 1. The van der Waals surface area contributed by atoms with E-state index < -0.39 is 0 Å². The molecule has 3 nitrogen and oxygen atoms in total. The van der Waals surface area contributed by atoms with E-state index in [1.807, 2.05) is 38.1 Å². The van der Waals surface area contributed by atoms with Crippen molar-refractivity contribution in [2.24, 2.45) is 5.73 Å². The van der Waals surface area contributed by atoms with E-state index in [4.69, 9.17) is 21.8 Å². The topological polar surface area (TPSA) is 52.0 Å². The highest BCUT2D eigenvalue weighted by atomic mass is 35.5. The summed E-state index contributed by atoms with van der Waals surface area (Å²) in [4.78, 5) is 4.27. The third kappa shape index (κ3) is 3.28. The number of aromatic nitrogens is 1. The van der Waals surface area contributed by atoms with Gasteiger partial charge < -0.3 is 10.2 Å². The highest BCUT2D eigenvalue weighted by Crippen LogP contribution is 2.37. The highest BCUT2D eigenvalue weighted by Gasteiger charge is 2.21. The van der Waals surface area contributed by atoms with E-state index in [0.29, 0.717) is 5.02 Å². The lowest BCUT2D eigenvalue weighted by Gasteiger charge is -2.17. The summed E-state index contributed by atoms with van der Waals surface area (Å²) in [5.74, 6) is 1.77. The molecular formula is C13H15ClN2OS. The molecule has 0 saturated carbocycles. The van der Waals surface area contributed by atoms with E-state index in [-0.39, 0.29) is 11.3 Å². The number of aryl methyl sites for hydroxylation is 1. The van der Waals surface area contributed by atoms with Gasteiger partial charge >= 0.3 is 0 Å². The molecule has 2 aromatic heterocycles. The monoisotopic (exact) mass is 282 g/mol. The molecule has 0 fully saturated rings. The third-order valence-electron chi connectivity index (χ3n) is 2.47. The van der Waals surface area contributed by atoms with Crippen LogP contribution in [0.2, 0.25) is 5.02 Å². The average molecular weight is 283 g/mol. The molecule has 5 heteroatoms. The van der Waals surface area contributed by atoms with Crippen molar-refractivity contribution in [2.45, 2.75) is 30.2 Å². The van der Waals surface area contributed by atoms with Crippen molar-refractivity contribution < 1.29 is 4.42 Å². The first kappa shape index (κ1) is 13.5. The van der Waals surface area contributed by atoms with E-state index in [1.54, 1.807) is 18.0 Å². The van der Waals surface area contributed by atoms with Gasteiger partial charge in [-0.1, -0.05) is 23.4 Å². The zero-order valence-electron chi connectivity index (χ0n) is 10.3. The molecule has 0 aliphatic carbocycles. The van der Waals surface area contributed by atoms with Gasteiger partial charge in [-0.15, -0.1) is 0 Å². The lowest BCUT2D eigenvalue weighted by Crippen LogP contribution is -2.22. The standard InChI is InChI=1S/C13H15ClN2OS/c1-8-3-5-11(17-8)13(9(2)15)18-12-6-4-10(14)7-16-12/h3-7,9,13H,15H2,1-2H3. The van der Waals surface area contributed by atoms with Crippen molar-refractivity contribution in [3.8, 4) is 0 Å². The minimum atomic E-state index is -0.0296. The van der Waals surface area contributed by atoms with Gasteiger partial charge in [0.1, 0.15) is 11.5 Å². The quantitative estimate of drug-likeness (QED) is 0.866. The van der Waals surface area contributed by atoms with Crippen LogP contribution in [0.5, 0.6) is 0 Å². The van der Waals surface area contributed by atoms with Crippen LogP contribution in [0.25, 0.3) is 0 Å². The SMILES string of the molecule is Cc1ccc(C(Sc2ccc(Cl)cn2)C(C)N)o1. The first-order valence-corrected chi connectivity index (χ1v) is 6.92. The molecule has 0 radical (unpaired) electrons. The van der Waals surface area contributed by atoms with Crippen molar-refractivity contribution >= 4 is 23.4 Å². The molecular weight excluding hydrogens is 268 g/mol. The number of pyridine rings is 1. The highest BCUT2D eigenvalue weighted by molar-refractivity contribution is 7.99. The van der Waals surface area contributed by atoms with Gasteiger partial charge in [-0.2, -0.15) is 0 Å². The number of thioether (sulfide) groups is 1. The van der Waals surface area contributed by atoms with E-state index in [9.17, 15) is 0 Å². The fourth-order valence-electron chi connectivity index (χ4n) is 1.59. The van der Waals surface area contributed by atoms with Crippen molar-refractivity contribution in [2.75, 3.05) is 0 Å². The molecule has 18 heavy (non-hydrogen) atoms. The number of rotatable bonds is 4. The first-order valence-electron chi connectivity index (χ1n) is 5.66. The molecule has 0 aliphatic heterocycles. The molecule has 0 aliphatic rings. The Morgan fingerprint density at radius 1 is 1.33 bits per heavy atom. The van der Waals surface area contributed by atoms with Gasteiger partial charge in [-0.05, 0) is 38.1 Å². The molecule has 0 bridgehead atoms. The Morgan fingerprint density at radius 3 is 2.61 bits per heavy atom. The summed E-state index contributed by atoms with van der Waals surface area (Å²) in [6.07, 6.45) is 1.63. The molecule has 0 amide bonds. The van der Waals surface area contributed by atoms with Crippen molar-refractivity contribution in [1.82, 2.24) is 4.98 Å². The van der Waals surface area contributed by atoms with Gasteiger partial charge in [-0.3, -0.25) is 0 Å². The fraction of sp³-hybridized carbons (Fsp3) is 0.308. The Balaban J connectivity index is 2.19. The third-order valence-corrected chi connectivity index (χ3v) is 4.09. The molecule has 0 spiro atoms. The maximum atomic E-state index is 6.02. The molecule has 96 valence electrons. The van der Waals surface area contributed by atoms with Gasteiger partial charge in [0.25, 0.3) is 0 Å². The van der Waals surface area contributed by atoms with E-state index in [0.717, 1.165) is 16.5 Å². The maximum absolute atomic E-state index is 6.02. The maximum Gasteiger partial charge on any atom is 0.119 e. The van der Waals surface area contributed by atoms with E-state index >= 15 is 0 Å². The predicted molar refractivity (Wildman–Crippen MR) is 74.9 cm³/mol. The Labute approximate surface area is 116 Å². The Hall–Kier alpha value is -0.970. The summed E-state index contributed by atoms with van der Waals surface area (Å²) in [6, 6.07) is 7.59. The molecule has 2 heterocycles. The lowest BCUT2D eigenvalue weighted by atomic mass is 10.2. The molecule has 0 aromatic carbocycles. The van der Waals surface area contributed by atoms with Gasteiger partial charge in [0.15, 0.2) is 0 Å². The lowest BCUT2D eigenvalue weighted by molar-refractivity contribution is 0.464. The number of hydrogen-bond donors (Lipinski definition) is 1. The summed E-state index contributed by atoms with van der Waals surface area (Å²) in [5, 5.41) is 1.56. The molecule has 2 unspecified atom stereocenters. The van der Waals surface area contributed by atoms with E-state index in [2.05, 4.69) is 4.98 Å². The van der Waals surface area contributed by atoms with Crippen molar-refractivity contribution in [3.05, 3.63) is 47.0 Å². The predicted octanol–water partition coefficient (Wildman–Crippen LogP) is 3.82.